The van der Waals surface area contributed by atoms with Crippen LogP contribution in [0.5, 0.6) is 0 Å². The fourth-order valence-corrected chi connectivity index (χ4v) is 3.01. The minimum atomic E-state index is -4.46. The number of carbonyl (C=O) groups excluding carboxylic acids is 1. The van der Waals surface area contributed by atoms with Gasteiger partial charge in [0.25, 0.3) is 0 Å². The Balaban J connectivity index is 0.000000296. The summed E-state index contributed by atoms with van der Waals surface area (Å²) in [5.74, 6) is 1.16. The number of nitrogens with two attached hydrogens (primary N) is 1. The maximum absolute atomic E-state index is 12.3. The van der Waals surface area contributed by atoms with E-state index >= 15 is 0 Å². The number of nitrogen functional groups attached to an aromatic ring is 1. The van der Waals surface area contributed by atoms with Gasteiger partial charge in [-0.2, -0.15) is 13.2 Å². The third-order valence-electron chi connectivity index (χ3n) is 4.92. The topological polar surface area (TPSA) is 69.1 Å². The van der Waals surface area contributed by atoms with Crippen molar-refractivity contribution in [2.24, 2.45) is 5.92 Å². The van der Waals surface area contributed by atoms with Crippen LogP contribution in [0.15, 0.2) is 34.9 Å². The summed E-state index contributed by atoms with van der Waals surface area (Å²) in [6, 6.07) is 6.61. The molecule has 4 nitrogen and oxygen atoms in total. The monoisotopic (exact) mass is 412 g/mol. The van der Waals surface area contributed by atoms with Crippen LogP contribution >= 0.6 is 0 Å². The molecule has 2 unspecified atom stereocenters. The maximum Gasteiger partial charge on any atom is 0.417 e. The summed E-state index contributed by atoms with van der Waals surface area (Å²) in [4.78, 5) is 10.8. The van der Waals surface area contributed by atoms with Crippen LogP contribution in [0.2, 0.25) is 0 Å². The number of aromatic nitrogens is 1. The fourth-order valence-electron chi connectivity index (χ4n) is 3.01. The highest BCUT2D eigenvalue weighted by Gasteiger charge is 2.33. The molecule has 2 rings (SSSR count). The lowest BCUT2D eigenvalue weighted by Crippen LogP contribution is -2.11. The maximum atomic E-state index is 12.3. The van der Waals surface area contributed by atoms with Crippen molar-refractivity contribution in [3.05, 3.63) is 47.2 Å². The molecule has 1 aromatic heterocycles. The molecule has 0 saturated heterocycles. The molecule has 7 heteroatoms. The van der Waals surface area contributed by atoms with Gasteiger partial charge in [-0.05, 0) is 31.7 Å². The standard InChI is InChI=1S/C13H24N2O.C9H7F3O/c1-4-6-11(8-7-10(3)5-2)12-9-13(14)16-15-12;1-6(13)7-4-2-3-5-8(7)9(10,11)12/h9-11H,4-8,14H2,1-3H3;2-5H,1H3. The van der Waals surface area contributed by atoms with E-state index in [1.54, 1.807) is 0 Å². The number of anilines is 1. The molecule has 2 N–H and O–H groups in total. The number of rotatable bonds is 8. The van der Waals surface area contributed by atoms with Gasteiger partial charge in [0.15, 0.2) is 5.78 Å². The smallest absolute Gasteiger partial charge is 0.368 e. The Hall–Kier alpha value is -2.31. The molecule has 29 heavy (non-hydrogen) atoms. The van der Waals surface area contributed by atoms with Crippen molar-refractivity contribution < 1.29 is 22.5 Å². The molecule has 0 fully saturated rings. The van der Waals surface area contributed by atoms with Crippen molar-refractivity contribution >= 4 is 11.7 Å². The van der Waals surface area contributed by atoms with Crippen LogP contribution in [0, 0.1) is 5.92 Å². The normalized spacial score (nSPS) is 13.3. The van der Waals surface area contributed by atoms with Crippen LogP contribution in [0.25, 0.3) is 0 Å². The third kappa shape index (κ3) is 8.30. The van der Waals surface area contributed by atoms with E-state index in [4.69, 9.17) is 10.3 Å². The summed E-state index contributed by atoms with van der Waals surface area (Å²) in [6.07, 6.45) is 1.59. The number of halogens is 3. The first-order valence-electron chi connectivity index (χ1n) is 9.99. The van der Waals surface area contributed by atoms with Crippen LogP contribution in [-0.4, -0.2) is 10.9 Å². The summed E-state index contributed by atoms with van der Waals surface area (Å²) in [5, 5.41) is 4.04. The molecule has 0 spiro atoms. The average Bonchev–Trinajstić information content (AvgIpc) is 3.10. The zero-order chi connectivity index (χ0) is 22.0. The molecule has 0 bridgehead atoms. The van der Waals surface area contributed by atoms with Gasteiger partial charge in [-0.25, -0.2) is 0 Å². The largest absolute Gasteiger partial charge is 0.417 e. The van der Waals surface area contributed by atoms with E-state index in [1.807, 2.05) is 6.07 Å². The highest BCUT2D eigenvalue weighted by Crippen LogP contribution is 2.32. The first kappa shape index (κ1) is 24.7. The van der Waals surface area contributed by atoms with E-state index in [-0.39, 0.29) is 5.56 Å². The second-order valence-corrected chi connectivity index (χ2v) is 7.33. The summed E-state index contributed by atoms with van der Waals surface area (Å²) in [5.41, 5.74) is 5.44. The molecule has 0 aliphatic carbocycles. The predicted molar refractivity (Wildman–Crippen MR) is 109 cm³/mol. The van der Waals surface area contributed by atoms with Crippen molar-refractivity contribution in [2.45, 2.75) is 71.9 Å². The van der Waals surface area contributed by atoms with Crippen molar-refractivity contribution in [3.63, 3.8) is 0 Å². The number of ketones is 1. The Morgan fingerprint density at radius 1 is 1.17 bits per heavy atom. The molecule has 2 aromatic rings. The highest BCUT2D eigenvalue weighted by atomic mass is 19.4. The van der Waals surface area contributed by atoms with Gasteiger partial charge >= 0.3 is 6.18 Å². The zero-order valence-corrected chi connectivity index (χ0v) is 17.6. The van der Waals surface area contributed by atoms with Crippen molar-refractivity contribution in [3.8, 4) is 0 Å². The Morgan fingerprint density at radius 2 is 1.83 bits per heavy atom. The molecule has 0 aliphatic heterocycles. The number of hydrogen-bond donors (Lipinski definition) is 1. The summed E-state index contributed by atoms with van der Waals surface area (Å²) < 4.78 is 41.7. The van der Waals surface area contributed by atoms with Crippen LogP contribution in [-0.2, 0) is 6.18 Å². The minimum Gasteiger partial charge on any atom is -0.368 e. The Bertz CT molecular complexity index is 757. The lowest BCUT2D eigenvalue weighted by atomic mass is 9.90. The lowest BCUT2D eigenvalue weighted by molar-refractivity contribution is -0.137. The van der Waals surface area contributed by atoms with Crippen LogP contribution in [0.1, 0.15) is 87.3 Å². The van der Waals surface area contributed by atoms with E-state index in [9.17, 15) is 18.0 Å². The Kier molecular flexibility index (Phi) is 9.92. The Labute approximate surface area is 170 Å². The van der Waals surface area contributed by atoms with Crippen molar-refractivity contribution in [2.75, 3.05) is 5.73 Å². The van der Waals surface area contributed by atoms with Crippen molar-refractivity contribution in [1.29, 1.82) is 0 Å². The van der Waals surface area contributed by atoms with Gasteiger partial charge < -0.3 is 10.3 Å². The van der Waals surface area contributed by atoms with Gasteiger partial charge in [-0.15, -0.1) is 0 Å². The van der Waals surface area contributed by atoms with E-state index in [0.717, 1.165) is 24.6 Å². The molecule has 0 saturated carbocycles. The number of alkyl halides is 3. The minimum absolute atomic E-state index is 0.282. The van der Waals surface area contributed by atoms with Crippen LogP contribution < -0.4 is 5.73 Å². The van der Waals surface area contributed by atoms with E-state index in [1.165, 1.54) is 50.3 Å². The second kappa shape index (κ2) is 11.6. The summed E-state index contributed by atoms with van der Waals surface area (Å²) >= 11 is 0. The zero-order valence-electron chi connectivity index (χ0n) is 17.6. The predicted octanol–water partition coefficient (Wildman–Crippen LogP) is 6.87. The van der Waals surface area contributed by atoms with E-state index in [0.29, 0.717) is 11.8 Å². The molecule has 0 radical (unpaired) electrons. The van der Waals surface area contributed by atoms with Gasteiger partial charge in [0.2, 0.25) is 5.88 Å². The molecular formula is C22H31F3N2O2. The second-order valence-electron chi connectivity index (χ2n) is 7.33. The number of nitrogens with zero attached hydrogens (tertiary/aromatic N) is 1. The van der Waals surface area contributed by atoms with Gasteiger partial charge in [-0.1, -0.05) is 63.4 Å². The molecule has 162 valence electrons. The third-order valence-corrected chi connectivity index (χ3v) is 4.92. The van der Waals surface area contributed by atoms with E-state index < -0.39 is 17.5 Å². The molecule has 0 aliphatic rings. The quantitative estimate of drug-likeness (QED) is 0.480. The van der Waals surface area contributed by atoms with Gasteiger partial charge in [0, 0.05) is 17.5 Å². The van der Waals surface area contributed by atoms with Crippen molar-refractivity contribution in [1.82, 2.24) is 5.16 Å². The first-order chi connectivity index (χ1) is 13.6. The highest BCUT2D eigenvalue weighted by molar-refractivity contribution is 5.95. The van der Waals surface area contributed by atoms with Gasteiger partial charge in [0.1, 0.15) is 0 Å². The SMILES string of the molecule is CC(=O)c1ccccc1C(F)(F)F.CCCC(CCC(C)CC)c1cc(N)on1. The van der Waals surface area contributed by atoms with Gasteiger partial charge in [0.05, 0.1) is 11.3 Å². The number of carbonyl (C=O) groups is 1. The number of hydrogen-bond acceptors (Lipinski definition) is 4. The number of benzene rings is 1. The van der Waals surface area contributed by atoms with Crippen LogP contribution in [0.3, 0.4) is 0 Å². The lowest BCUT2D eigenvalue weighted by Gasteiger charge is -2.15. The van der Waals surface area contributed by atoms with Crippen LogP contribution in [0.4, 0.5) is 19.1 Å². The average molecular weight is 412 g/mol. The molecule has 1 heterocycles. The summed E-state index contributed by atoms with van der Waals surface area (Å²) in [6.45, 7) is 7.87. The Morgan fingerprint density at radius 3 is 2.28 bits per heavy atom. The number of Topliss-reactive ketones (excluding diaryl/α,β-unsaturated/α-hetero) is 1. The molecular weight excluding hydrogens is 381 g/mol. The fraction of sp³-hybridized carbons (Fsp3) is 0.545. The van der Waals surface area contributed by atoms with E-state index in [2.05, 4.69) is 25.9 Å². The van der Waals surface area contributed by atoms with Gasteiger partial charge in [-0.3, -0.25) is 4.79 Å². The summed E-state index contributed by atoms with van der Waals surface area (Å²) in [7, 11) is 0. The first-order valence-corrected chi connectivity index (χ1v) is 9.99. The molecule has 2 atom stereocenters. The molecule has 1 aromatic carbocycles. The molecule has 0 amide bonds.